The van der Waals surface area contributed by atoms with Crippen molar-refractivity contribution in [1.29, 1.82) is 0 Å². The molecule has 4 heteroatoms. The second-order valence-corrected chi connectivity index (χ2v) is 5.29. The summed E-state index contributed by atoms with van der Waals surface area (Å²) in [7, 11) is 0. The summed E-state index contributed by atoms with van der Waals surface area (Å²) in [4.78, 5) is 0. The van der Waals surface area contributed by atoms with Crippen molar-refractivity contribution in [1.82, 2.24) is 15.1 Å². The van der Waals surface area contributed by atoms with Gasteiger partial charge in [0.1, 0.15) is 12.4 Å². The predicted octanol–water partition coefficient (Wildman–Crippen LogP) is 3.00. The van der Waals surface area contributed by atoms with Gasteiger partial charge in [0.15, 0.2) is 0 Å². The van der Waals surface area contributed by atoms with Crippen molar-refractivity contribution in [3.63, 3.8) is 0 Å². The summed E-state index contributed by atoms with van der Waals surface area (Å²) in [6, 6.07) is 8.26. The first-order valence-electron chi connectivity index (χ1n) is 7.55. The van der Waals surface area contributed by atoms with Crippen molar-refractivity contribution < 1.29 is 4.74 Å². The SMILES string of the molecule is CCNCc1ccc(OCCn2nc(C)c(C)c2C)cc1. The van der Waals surface area contributed by atoms with E-state index in [1.165, 1.54) is 16.8 Å². The fourth-order valence-electron chi connectivity index (χ4n) is 2.23. The van der Waals surface area contributed by atoms with Crippen LogP contribution in [-0.2, 0) is 13.1 Å². The molecule has 1 heterocycles. The maximum absolute atomic E-state index is 5.79. The number of nitrogens with one attached hydrogen (secondary N) is 1. The topological polar surface area (TPSA) is 39.1 Å². The number of rotatable bonds is 7. The third kappa shape index (κ3) is 4.08. The Labute approximate surface area is 127 Å². The summed E-state index contributed by atoms with van der Waals surface area (Å²) < 4.78 is 7.81. The van der Waals surface area contributed by atoms with Gasteiger partial charge in [-0.1, -0.05) is 19.1 Å². The van der Waals surface area contributed by atoms with E-state index in [0.29, 0.717) is 6.61 Å². The van der Waals surface area contributed by atoms with Crippen LogP contribution in [-0.4, -0.2) is 22.9 Å². The van der Waals surface area contributed by atoms with E-state index in [0.717, 1.165) is 31.1 Å². The number of benzene rings is 1. The van der Waals surface area contributed by atoms with Crippen LogP contribution in [0.2, 0.25) is 0 Å². The molecule has 0 unspecified atom stereocenters. The van der Waals surface area contributed by atoms with Crippen LogP contribution in [0.5, 0.6) is 5.75 Å². The minimum absolute atomic E-state index is 0.633. The van der Waals surface area contributed by atoms with Crippen LogP contribution < -0.4 is 10.1 Å². The number of nitrogens with zero attached hydrogens (tertiary/aromatic N) is 2. The minimum atomic E-state index is 0.633. The molecule has 4 nitrogen and oxygen atoms in total. The Morgan fingerprint density at radius 2 is 1.86 bits per heavy atom. The van der Waals surface area contributed by atoms with E-state index in [9.17, 15) is 0 Å². The summed E-state index contributed by atoms with van der Waals surface area (Å²) in [6.07, 6.45) is 0. The van der Waals surface area contributed by atoms with Crippen LogP contribution in [0.3, 0.4) is 0 Å². The average molecular weight is 287 g/mol. The van der Waals surface area contributed by atoms with Gasteiger partial charge in [0, 0.05) is 12.2 Å². The third-order valence-electron chi connectivity index (χ3n) is 3.82. The maximum Gasteiger partial charge on any atom is 0.119 e. The lowest BCUT2D eigenvalue weighted by Crippen LogP contribution is -2.12. The molecule has 0 aliphatic rings. The molecule has 0 bridgehead atoms. The van der Waals surface area contributed by atoms with E-state index < -0.39 is 0 Å². The van der Waals surface area contributed by atoms with Crippen molar-refractivity contribution in [2.24, 2.45) is 0 Å². The van der Waals surface area contributed by atoms with Gasteiger partial charge in [-0.3, -0.25) is 4.68 Å². The lowest BCUT2D eigenvalue weighted by Gasteiger charge is -2.09. The molecule has 0 aliphatic carbocycles. The van der Waals surface area contributed by atoms with Crippen LogP contribution in [0.15, 0.2) is 24.3 Å². The number of ether oxygens (including phenoxy) is 1. The lowest BCUT2D eigenvalue weighted by molar-refractivity contribution is 0.289. The Kier molecular flexibility index (Phi) is 5.39. The quantitative estimate of drug-likeness (QED) is 0.851. The second kappa shape index (κ2) is 7.27. The maximum atomic E-state index is 5.79. The summed E-state index contributed by atoms with van der Waals surface area (Å²) in [5.74, 6) is 0.911. The summed E-state index contributed by atoms with van der Waals surface area (Å²) >= 11 is 0. The zero-order chi connectivity index (χ0) is 15.2. The summed E-state index contributed by atoms with van der Waals surface area (Å²) in [6.45, 7) is 11.7. The van der Waals surface area contributed by atoms with Crippen molar-refractivity contribution in [3.8, 4) is 5.75 Å². The van der Waals surface area contributed by atoms with Crippen LogP contribution in [0.4, 0.5) is 0 Å². The molecule has 2 aromatic rings. The van der Waals surface area contributed by atoms with Crippen molar-refractivity contribution in [2.75, 3.05) is 13.2 Å². The molecule has 0 radical (unpaired) electrons. The van der Waals surface area contributed by atoms with Gasteiger partial charge in [-0.2, -0.15) is 5.10 Å². The zero-order valence-electron chi connectivity index (χ0n) is 13.4. The average Bonchev–Trinajstić information content (AvgIpc) is 2.74. The molecule has 0 saturated carbocycles. The molecule has 0 amide bonds. The lowest BCUT2D eigenvalue weighted by atomic mass is 10.2. The Morgan fingerprint density at radius 1 is 1.14 bits per heavy atom. The Balaban J connectivity index is 1.84. The van der Waals surface area contributed by atoms with Crippen LogP contribution in [0.1, 0.15) is 29.4 Å². The molecule has 0 atom stereocenters. The molecule has 0 saturated heterocycles. The number of aryl methyl sites for hydroxylation is 1. The van der Waals surface area contributed by atoms with Gasteiger partial charge < -0.3 is 10.1 Å². The van der Waals surface area contributed by atoms with Gasteiger partial charge in [-0.25, -0.2) is 0 Å². The van der Waals surface area contributed by atoms with Crippen molar-refractivity contribution >= 4 is 0 Å². The van der Waals surface area contributed by atoms with Gasteiger partial charge in [0.05, 0.1) is 12.2 Å². The molecule has 0 spiro atoms. The van der Waals surface area contributed by atoms with Crippen LogP contribution in [0.25, 0.3) is 0 Å². The monoisotopic (exact) mass is 287 g/mol. The first-order valence-corrected chi connectivity index (χ1v) is 7.55. The Hall–Kier alpha value is -1.81. The van der Waals surface area contributed by atoms with E-state index >= 15 is 0 Å². The Bertz CT molecular complexity index is 572. The highest BCUT2D eigenvalue weighted by molar-refractivity contribution is 5.27. The smallest absolute Gasteiger partial charge is 0.119 e. The van der Waals surface area contributed by atoms with Gasteiger partial charge in [0.2, 0.25) is 0 Å². The first-order chi connectivity index (χ1) is 10.1. The van der Waals surface area contributed by atoms with E-state index in [1.54, 1.807) is 0 Å². The van der Waals surface area contributed by atoms with Gasteiger partial charge >= 0.3 is 0 Å². The molecule has 21 heavy (non-hydrogen) atoms. The fourth-order valence-corrected chi connectivity index (χ4v) is 2.23. The van der Waals surface area contributed by atoms with E-state index in [-0.39, 0.29) is 0 Å². The molecular weight excluding hydrogens is 262 g/mol. The molecule has 2 rings (SSSR count). The molecule has 1 aromatic carbocycles. The number of aromatic nitrogens is 2. The largest absolute Gasteiger partial charge is 0.492 e. The fraction of sp³-hybridized carbons (Fsp3) is 0.471. The van der Waals surface area contributed by atoms with E-state index in [1.807, 2.05) is 23.7 Å². The molecule has 1 N–H and O–H groups in total. The van der Waals surface area contributed by atoms with E-state index in [4.69, 9.17) is 4.74 Å². The molecule has 0 aliphatic heterocycles. The molecular formula is C17H25N3O. The minimum Gasteiger partial charge on any atom is -0.492 e. The number of hydrogen-bond donors (Lipinski definition) is 1. The summed E-state index contributed by atoms with van der Waals surface area (Å²) in [5, 5.41) is 7.83. The number of hydrogen-bond acceptors (Lipinski definition) is 3. The van der Waals surface area contributed by atoms with Gasteiger partial charge in [-0.05, 0) is 50.6 Å². The van der Waals surface area contributed by atoms with Gasteiger partial charge in [-0.15, -0.1) is 0 Å². The molecule has 0 fully saturated rings. The normalized spacial score (nSPS) is 10.9. The highest BCUT2D eigenvalue weighted by Gasteiger charge is 2.06. The highest BCUT2D eigenvalue weighted by Crippen LogP contribution is 2.13. The predicted molar refractivity (Wildman–Crippen MR) is 85.8 cm³/mol. The van der Waals surface area contributed by atoms with Crippen LogP contribution >= 0.6 is 0 Å². The van der Waals surface area contributed by atoms with E-state index in [2.05, 4.69) is 43.3 Å². The molecule has 114 valence electrons. The summed E-state index contributed by atoms with van der Waals surface area (Å²) in [5.41, 5.74) is 4.86. The molecule has 1 aromatic heterocycles. The Morgan fingerprint density at radius 3 is 2.43 bits per heavy atom. The first kappa shape index (κ1) is 15.6. The zero-order valence-corrected chi connectivity index (χ0v) is 13.4. The van der Waals surface area contributed by atoms with Crippen molar-refractivity contribution in [2.45, 2.75) is 40.8 Å². The van der Waals surface area contributed by atoms with Gasteiger partial charge in [0.25, 0.3) is 0 Å². The van der Waals surface area contributed by atoms with Crippen molar-refractivity contribution in [3.05, 3.63) is 46.8 Å². The van der Waals surface area contributed by atoms with Crippen LogP contribution in [0, 0.1) is 20.8 Å². The third-order valence-corrected chi connectivity index (χ3v) is 3.82. The second-order valence-electron chi connectivity index (χ2n) is 5.29. The highest BCUT2D eigenvalue weighted by atomic mass is 16.5. The standard InChI is InChI=1S/C17H25N3O/c1-5-18-12-16-6-8-17(9-7-16)21-11-10-20-15(4)13(2)14(3)19-20/h6-9,18H,5,10-12H2,1-4H3.